The van der Waals surface area contributed by atoms with E-state index in [9.17, 15) is 4.79 Å². The highest BCUT2D eigenvalue weighted by Gasteiger charge is 2.26. The van der Waals surface area contributed by atoms with Gasteiger partial charge < -0.3 is 19.7 Å². The molecule has 0 aliphatic heterocycles. The summed E-state index contributed by atoms with van der Waals surface area (Å²) in [5.74, 6) is 1.78. The molecule has 0 unspecified atom stereocenters. The van der Waals surface area contributed by atoms with Gasteiger partial charge in [0.15, 0.2) is 0 Å². The van der Waals surface area contributed by atoms with Crippen LogP contribution in [0, 0.1) is 0 Å². The van der Waals surface area contributed by atoms with Crippen LogP contribution in [0.1, 0.15) is 24.6 Å². The maximum absolute atomic E-state index is 11.6. The lowest BCUT2D eigenvalue weighted by Crippen LogP contribution is -2.32. The van der Waals surface area contributed by atoms with Crippen molar-refractivity contribution in [3.63, 3.8) is 0 Å². The molecule has 1 saturated carbocycles. The van der Waals surface area contributed by atoms with Crippen LogP contribution in [-0.4, -0.2) is 48.5 Å². The molecule has 0 saturated heterocycles. The second-order valence-electron chi connectivity index (χ2n) is 4.47. The number of aliphatic hydroxyl groups excluding tert-OH is 1. The number of aliphatic hydroxyl groups is 1. The van der Waals surface area contributed by atoms with Crippen LogP contribution in [0.2, 0.25) is 0 Å². The summed E-state index contributed by atoms with van der Waals surface area (Å²) in [5, 5.41) is 9.06. The zero-order chi connectivity index (χ0) is 13.0. The molecule has 0 atom stereocenters. The summed E-state index contributed by atoms with van der Waals surface area (Å²) < 4.78 is 5.02. The van der Waals surface area contributed by atoms with Crippen LogP contribution in [0.3, 0.4) is 0 Å². The van der Waals surface area contributed by atoms with Crippen LogP contribution < -0.4 is 10.5 Å². The summed E-state index contributed by atoms with van der Waals surface area (Å²) in [6.07, 6.45) is 2.18. The smallest absolute Gasteiger partial charge is 0.252 e. The lowest BCUT2D eigenvalue weighted by molar-refractivity contribution is 0.202. The number of hydrogen-bond acceptors (Lipinski definition) is 5. The Morgan fingerprint density at radius 3 is 2.94 bits per heavy atom. The van der Waals surface area contributed by atoms with E-state index in [0.29, 0.717) is 31.4 Å². The van der Waals surface area contributed by atoms with Gasteiger partial charge in [0, 0.05) is 32.2 Å². The topological polar surface area (TPSA) is 78.5 Å². The van der Waals surface area contributed by atoms with Gasteiger partial charge in [0.05, 0.1) is 13.2 Å². The number of nitrogens with zero attached hydrogens (tertiary/aromatic N) is 2. The van der Waals surface area contributed by atoms with Gasteiger partial charge in [-0.05, 0) is 12.8 Å². The monoisotopic (exact) mass is 253 g/mol. The second kappa shape index (κ2) is 5.97. The summed E-state index contributed by atoms with van der Waals surface area (Å²) in [6.45, 7) is 1.62. The first-order valence-electron chi connectivity index (χ1n) is 6.20. The first-order chi connectivity index (χ1) is 8.74. The Balaban J connectivity index is 2.19. The van der Waals surface area contributed by atoms with Gasteiger partial charge in [0.2, 0.25) is 0 Å². The van der Waals surface area contributed by atoms with Gasteiger partial charge >= 0.3 is 0 Å². The molecule has 1 aromatic heterocycles. The van der Waals surface area contributed by atoms with Crippen LogP contribution in [0.15, 0.2) is 10.9 Å². The Hall–Kier alpha value is -1.40. The van der Waals surface area contributed by atoms with Gasteiger partial charge in [-0.15, -0.1) is 0 Å². The average molecular weight is 253 g/mol. The summed E-state index contributed by atoms with van der Waals surface area (Å²) >= 11 is 0. The summed E-state index contributed by atoms with van der Waals surface area (Å²) in [6, 6.07) is 1.47. The molecule has 0 spiro atoms. The molecule has 0 bridgehead atoms. The van der Waals surface area contributed by atoms with E-state index < -0.39 is 0 Å². The molecule has 6 heteroatoms. The molecule has 100 valence electrons. The lowest BCUT2D eigenvalue weighted by Gasteiger charge is -2.22. The predicted molar refractivity (Wildman–Crippen MR) is 68.0 cm³/mol. The molecule has 1 aliphatic carbocycles. The Morgan fingerprint density at radius 1 is 1.56 bits per heavy atom. The molecule has 1 aliphatic rings. The quantitative estimate of drug-likeness (QED) is 0.720. The summed E-state index contributed by atoms with van der Waals surface area (Å²) in [4.78, 5) is 20.7. The fourth-order valence-corrected chi connectivity index (χ4v) is 1.84. The number of anilines is 1. The molecular weight excluding hydrogens is 234 g/mol. The highest BCUT2D eigenvalue weighted by Crippen LogP contribution is 2.37. The van der Waals surface area contributed by atoms with E-state index in [2.05, 4.69) is 9.97 Å². The Bertz CT molecular complexity index is 442. The third-order valence-corrected chi connectivity index (χ3v) is 2.97. The molecular formula is C12H19N3O3. The highest BCUT2D eigenvalue weighted by molar-refractivity contribution is 5.38. The van der Waals surface area contributed by atoms with Crippen molar-refractivity contribution in [1.29, 1.82) is 0 Å². The first kappa shape index (κ1) is 13.0. The van der Waals surface area contributed by atoms with E-state index >= 15 is 0 Å². The van der Waals surface area contributed by atoms with Crippen molar-refractivity contribution in [1.82, 2.24) is 9.97 Å². The van der Waals surface area contributed by atoms with Crippen LogP contribution in [0.25, 0.3) is 0 Å². The standard InChI is InChI=1S/C12H19N3O3/c1-18-7-5-15(4-6-16)10-8-11(17)14-12(13-10)9-2-3-9/h8-9,16H,2-7H2,1H3,(H,13,14,17). The number of aromatic nitrogens is 2. The fraction of sp³-hybridized carbons (Fsp3) is 0.667. The van der Waals surface area contributed by atoms with Crippen molar-refractivity contribution < 1.29 is 9.84 Å². The van der Waals surface area contributed by atoms with Gasteiger partial charge in [-0.1, -0.05) is 0 Å². The summed E-state index contributed by atoms with van der Waals surface area (Å²) in [5.41, 5.74) is -0.137. The van der Waals surface area contributed by atoms with E-state index in [-0.39, 0.29) is 12.2 Å². The third kappa shape index (κ3) is 3.30. The van der Waals surface area contributed by atoms with Gasteiger partial charge in [0.25, 0.3) is 5.56 Å². The maximum atomic E-state index is 11.6. The Labute approximate surface area is 106 Å². The first-order valence-corrected chi connectivity index (χ1v) is 6.20. The van der Waals surface area contributed by atoms with Gasteiger partial charge in [-0.3, -0.25) is 4.79 Å². The maximum Gasteiger partial charge on any atom is 0.252 e. The highest BCUT2D eigenvalue weighted by atomic mass is 16.5. The minimum atomic E-state index is -0.137. The number of H-pyrrole nitrogens is 1. The molecule has 2 rings (SSSR count). The van der Waals surface area contributed by atoms with E-state index in [1.807, 2.05) is 4.90 Å². The zero-order valence-electron chi connectivity index (χ0n) is 10.6. The SMILES string of the molecule is COCCN(CCO)c1cc(=O)[nH]c(C2CC2)n1. The van der Waals surface area contributed by atoms with Crippen LogP contribution >= 0.6 is 0 Å². The predicted octanol–water partition coefficient (Wildman–Crippen LogP) is 0.0924. The van der Waals surface area contributed by atoms with Crippen LogP contribution in [0.4, 0.5) is 5.82 Å². The van der Waals surface area contributed by atoms with Crippen molar-refractivity contribution in [2.24, 2.45) is 0 Å². The van der Waals surface area contributed by atoms with Gasteiger partial charge in [0.1, 0.15) is 11.6 Å². The van der Waals surface area contributed by atoms with Crippen molar-refractivity contribution >= 4 is 5.82 Å². The third-order valence-electron chi connectivity index (χ3n) is 2.97. The Morgan fingerprint density at radius 2 is 2.33 bits per heavy atom. The normalized spacial score (nSPS) is 14.8. The number of hydrogen-bond donors (Lipinski definition) is 2. The number of ether oxygens (including phenoxy) is 1. The largest absolute Gasteiger partial charge is 0.395 e. The van der Waals surface area contributed by atoms with E-state index in [0.717, 1.165) is 18.7 Å². The van der Waals surface area contributed by atoms with E-state index in [1.54, 1.807) is 7.11 Å². The Kier molecular flexibility index (Phi) is 4.33. The number of methoxy groups -OCH3 is 1. The zero-order valence-corrected chi connectivity index (χ0v) is 10.6. The molecule has 1 heterocycles. The minimum Gasteiger partial charge on any atom is -0.395 e. The molecule has 2 N–H and O–H groups in total. The lowest BCUT2D eigenvalue weighted by atomic mass is 10.3. The van der Waals surface area contributed by atoms with E-state index in [4.69, 9.17) is 9.84 Å². The number of aromatic amines is 1. The fourth-order valence-electron chi connectivity index (χ4n) is 1.84. The molecule has 18 heavy (non-hydrogen) atoms. The van der Waals surface area contributed by atoms with Gasteiger partial charge in [-0.2, -0.15) is 0 Å². The molecule has 0 radical (unpaired) electrons. The van der Waals surface area contributed by atoms with Crippen molar-refractivity contribution in [3.8, 4) is 0 Å². The molecule has 1 fully saturated rings. The van der Waals surface area contributed by atoms with E-state index in [1.165, 1.54) is 6.07 Å². The molecule has 0 amide bonds. The average Bonchev–Trinajstić information content (AvgIpc) is 3.17. The van der Waals surface area contributed by atoms with Crippen LogP contribution in [-0.2, 0) is 4.74 Å². The second-order valence-corrected chi connectivity index (χ2v) is 4.47. The summed E-state index contributed by atoms with van der Waals surface area (Å²) in [7, 11) is 1.62. The van der Waals surface area contributed by atoms with Crippen molar-refractivity contribution in [3.05, 3.63) is 22.2 Å². The van der Waals surface area contributed by atoms with Crippen molar-refractivity contribution in [2.45, 2.75) is 18.8 Å². The van der Waals surface area contributed by atoms with Crippen LogP contribution in [0.5, 0.6) is 0 Å². The molecule has 1 aromatic rings. The number of rotatable bonds is 7. The molecule has 0 aromatic carbocycles. The van der Waals surface area contributed by atoms with Gasteiger partial charge in [-0.25, -0.2) is 4.98 Å². The minimum absolute atomic E-state index is 0.0248. The number of nitrogens with one attached hydrogen (secondary N) is 1. The van der Waals surface area contributed by atoms with Crippen molar-refractivity contribution in [2.75, 3.05) is 38.3 Å². The molecule has 6 nitrogen and oxygen atoms in total.